The van der Waals surface area contributed by atoms with Gasteiger partial charge in [-0.3, -0.25) is 4.79 Å². The van der Waals surface area contributed by atoms with Gasteiger partial charge in [-0.25, -0.2) is 0 Å². The molecular weight excluding hydrogens is 152 g/mol. The van der Waals surface area contributed by atoms with E-state index >= 15 is 0 Å². The molecule has 0 aliphatic heterocycles. The van der Waals surface area contributed by atoms with Gasteiger partial charge in [0.05, 0.1) is 6.07 Å². The first-order valence-corrected chi connectivity index (χ1v) is 3.92. The van der Waals surface area contributed by atoms with Crippen molar-refractivity contribution < 1.29 is 4.79 Å². The quantitative estimate of drug-likeness (QED) is 0.588. The third-order valence-corrected chi connectivity index (χ3v) is 1.64. The number of carbonyl (C=O) groups is 1. The molecule has 0 aliphatic rings. The van der Waals surface area contributed by atoms with Crippen molar-refractivity contribution in [2.45, 2.75) is 13.3 Å². The molecule has 0 rings (SSSR count). The van der Waals surface area contributed by atoms with Gasteiger partial charge in [0.2, 0.25) is 5.91 Å². The molecule has 0 N–H and O–H groups in total. The first-order valence-electron chi connectivity index (χ1n) is 3.92. The number of hydrogen-bond acceptors (Lipinski definition) is 2. The molecule has 3 nitrogen and oxygen atoms in total. The predicted molar refractivity (Wildman–Crippen MR) is 47.2 cm³/mol. The van der Waals surface area contributed by atoms with Gasteiger partial charge in [-0.1, -0.05) is 13.0 Å². The monoisotopic (exact) mass is 166 g/mol. The molecule has 0 fully saturated rings. The van der Waals surface area contributed by atoms with Crippen molar-refractivity contribution in [2.75, 3.05) is 13.6 Å². The molecule has 0 heterocycles. The zero-order chi connectivity index (χ0) is 9.56. The van der Waals surface area contributed by atoms with E-state index in [1.807, 2.05) is 13.0 Å². The van der Waals surface area contributed by atoms with Crippen LogP contribution in [0, 0.1) is 17.2 Å². The summed E-state index contributed by atoms with van der Waals surface area (Å²) in [6.07, 6.45) is 2.21. The summed E-state index contributed by atoms with van der Waals surface area (Å²) in [5.74, 6) is -0.630. The molecule has 0 radical (unpaired) electrons. The van der Waals surface area contributed by atoms with E-state index in [-0.39, 0.29) is 5.91 Å². The number of nitriles is 1. The van der Waals surface area contributed by atoms with Crippen LogP contribution in [0.25, 0.3) is 0 Å². The van der Waals surface area contributed by atoms with Crippen molar-refractivity contribution in [1.82, 2.24) is 4.90 Å². The highest BCUT2D eigenvalue weighted by atomic mass is 16.2. The fourth-order valence-electron chi connectivity index (χ4n) is 0.871. The van der Waals surface area contributed by atoms with Crippen molar-refractivity contribution in [3.8, 4) is 6.07 Å². The number of nitrogens with zero attached hydrogens (tertiary/aromatic N) is 2. The van der Waals surface area contributed by atoms with Crippen molar-refractivity contribution in [3.05, 3.63) is 12.7 Å². The lowest BCUT2D eigenvalue weighted by Gasteiger charge is -2.16. The molecule has 1 amide bonds. The zero-order valence-electron chi connectivity index (χ0n) is 7.58. The van der Waals surface area contributed by atoms with Gasteiger partial charge in [-0.2, -0.15) is 5.26 Å². The van der Waals surface area contributed by atoms with Gasteiger partial charge in [0.25, 0.3) is 0 Å². The summed E-state index contributed by atoms with van der Waals surface area (Å²) in [5, 5.41) is 8.59. The van der Waals surface area contributed by atoms with Gasteiger partial charge in [-0.15, -0.1) is 6.58 Å². The summed E-state index contributed by atoms with van der Waals surface area (Å²) in [6, 6.07) is 1.97. The minimum absolute atomic E-state index is 0.125. The molecule has 0 saturated heterocycles. The molecule has 0 aromatic carbocycles. The molecule has 0 bridgehead atoms. The number of amides is 1. The number of rotatable bonds is 4. The Morgan fingerprint density at radius 1 is 1.83 bits per heavy atom. The first-order chi connectivity index (χ1) is 5.67. The highest BCUT2D eigenvalue weighted by molar-refractivity contribution is 5.80. The molecule has 0 spiro atoms. The molecular formula is C9H14N2O. The number of likely N-dealkylation sites (N-methyl/N-ethyl adjacent to an activating group) is 1. The van der Waals surface area contributed by atoms with Crippen LogP contribution in [0.3, 0.4) is 0 Å². The molecule has 1 unspecified atom stereocenters. The van der Waals surface area contributed by atoms with E-state index in [0.717, 1.165) is 0 Å². The highest BCUT2D eigenvalue weighted by Gasteiger charge is 2.18. The van der Waals surface area contributed by atoms with Gasteiger partial charge < -0.3 is 4.90 Å². The van der Waals surface area contributed by atoms with Crippen LogP contribution in [-0.2, 0) is 4.79 Å². The second-order valence-electron chi connectivity index (χ2n) is 2.60. The Morgan fingerprint density at radius 3 is 2.75 bits per heavy atom. The average Bonchev–Trinajstić information content (AvgIpc) is 2.07. The van der Waals surface area contributed by atoms with Gasteiger partial charge in [0, 0.05) is 13.6 Å². The minimum Gasteiger partial charge on any atom is -0.341 e. The standard InChI is InChI=1S/C9H14N2O/c1-4-6-11(3)9(12)8(5-2)7-10/h4,8H,1,5-6H2,2-3H3. The van der Waals surface area contributed by atoms with Gasteiger partial charge >= 0.3 is 0 Å². The molecule has 66 valence electrons. The summed E-state index contributed by atoms with van der Waals surface area (Å²) in [4.78, 5) is 12.9. The molecule has 1 atom stereocenters. The Bertz CT molecular complexity index is 205. The van der Waals surface area contributed by atoms with Gasteiger partial charge in [0.1, 0.15) is 5.92 Å². The summed E-state index contributed by atoms with van der Waals surface area (Å²) in [7, 11) is 1.67. The second-order valence-corrected chi connectivity index (χ2v) is 2.60. The smallest absolute Gasteiger partial charge is 0.239 e. The zero-order valence-corrected chi connectivity index (χ0v) is 7.58. The maximum absolute atomic E-state index is 11.4. The highest BCUT2D eigenvalue weighted by Crippen LogP contribution is 2.04. The van der Waals surface area contributed by atoms with E-state index < -0.39 is 5.92 Å². The van der Waals surface area contributed by atoms with Crippen molar-refractivity contribution >= 4 is 5.91 Å². The first kappa shape index (κ1) is 10.7. The Morgan fingerprint density at radius 2 is 2.42 bits per heavy atom. The third-order valence-electron chi connectivity index (χ3n) is 1.64. The second kappa shape index (κ2) is 5.36. The van der Waals surface area contributed by atoms with Crippen molar-refractivity contribution in [2.24, 2.45) is 5.92 Å². The van der Waals surface area contributed by atoms with E-state index in [4.69, 9.17) is 5.26 Å². The SMILES string of the molecule is C=CCN(C)C(=O)C(C#N)CC. The lowest BCUT2D eigenvalue weighted by Crippen LogP contribution is -2.32. The Kier molecular flexibility index (Phi) is 4.78. The topological polar surface area (TPSA) is 44.1 Å². The Labute approximate surface area is 73.3 Å². The van der Waals surface area contributed by atoms with Gasteiger partial charge in [0.15, 0.2) is 0 Å². The summed E-state index contributed by atoms with van der Waals surface area (Å²) in [6.45, 7) is 5.84. The average molecular weight is 166 g/mol. The van der Waals surface area contributed by atoms with Crippen LogP contribution < -0.4 is 0 Å². The van der Waals surface area contributed by atoms with Gasteiger partial charge in [-0.05, 0) is 6.42 Å². The van der Waals surface area contributed by atoms with E-state index in [9.17, 15) is 4.79 Å². The van der Waals surface area contributed by atoms with Crippen LogP contribution in [0.2, 0.25) is 0 Å². The van der Waals surface area contributed by atoms with Crippen LogP contribution in [-0.4, -0.2) is 24.4 Å². The molecule has 0 saturated carbocycles. The fourth-order valence-corrected chi connectivity index (χ4v) is 0.871. The predicted octanol–water partition coefficient (Wildman–Crippen LogP) is 1.18. The molecule has 3 heteroatoms. The number of carbonyl (C=O) groups excluding carboxylic acids is 1. The van der Waals surface area contributed by atoms with E-state index in [1.54, 1.807) is 13.1 Å². The lowest BCUT2D eigenvalue weighted by atomic mass is 10.1. The summed E-state index contributed by atoms with van der Waals surface area (Å²) in [5.41, 5.74) is 0. The summed E-state index contributed by atoms with van der Waals surface area (Å²) >= 11 is 0. The van der Waals surface area contributed by atoms with Crippen LogP contribution in [0.4, 0.5) is 0 Å². The Hall–Kier alpha value is -1.30. The third kappa shape index (κ3) is 2.75. The largest absolute Gasteiger partial charge is 0.341 e. The molecule has 0 aliphatic carbocycles. The van der Waals surface area contributed by atoms with Crippen LogP contribution in [0.5, 0.6) is 0 Å². The van der Waals surface area contributed by atoms with Crippen LogP contribution in [0.1, 0.15) is 13.3 Å². The molecule has 12 heavy (non-hydrogen) atoms. The summed E-state index contributed by atoms with van der Waals surface area (Å²) < 4.78 is 0. The molecule has 0 aromatic rings. The lowest BCUT2D eigenvalue weighted by molar-refractivity contribution is -0.131. The van der Waals surface area contributed by atoms with Crippen molar-refractivity contribution in [3.63, 3.8) is 0 Å². The normalized spacial score (nSPS) is 11.4. The van der Waals surface area contributed by atoms with E-state index in [0.29, 0.717) is 13.0 Å². The van der Waals surface area contributed by atoms with E-state index in [2.05, 4.69) is 6.58 Å². The number of hydrogen-bond donors (Lipinski definition) is 0. The van der Waals surface area contributed by atoms with Crippen LogP contribution in [0.15, 0.2) is 12.7 Å². The van der Waals surface area contributed by atoms with E-state index in [1.165, 1.54) is 4.90 Å². The maximum atomic E-state index is 11.4. The van der Waals surface area contributed by atoms with Crippen molar-refractivity contribution in [1.29, 1.82) is 5.26 Å². The van der Waals surface area contributed by atoms with Crippen LogP contribution >= 0.6 is 0 Å². The fraction of sp³-hybridized carbons (Fsp3) is 0.556. The Balaban J connectivity index is 4.17. The maximum Gasteiger partial charge on any atom is 0.239 e. The molecule has 0 aromatic heterocycles. The minimum atomic E-state index is -0.505.